The maximum atomic E-state index is 14.4. The van der Waals surface area contributed by atoms with Gasteiger partial charge in [-0.25, -0.2) is 9.78 Å². The minimum atomic E-state index is -0.831. The number of amides is 4. The maximum absolute atomic E-state index is 14.4. The van der Waals surface area contributed by atoms with Crippen molar-refractivity contribution in [3.8, 4) is 10.4 Å². The number of nitrogens with one attached hydrogen (secondary N) is 2. The van der Waals surface area contributed by atoms with Gasteiger partial charge in [0.05, 0.1) is 45.7 Å². The van der Waals surface area contributed by atoms with Gasteiger partial charge in [0.25, 0.3) is 0 Å². The van der Waals surface area contributed by atoms with Crippen LogP contribution in [0.5, 0.6) is 0 Å². The van der Waals surface area contributed by atoms with Crippen molar-refractivity contribution in [3.63, 3.8) is 0 Å². The molecule has 0 saturated carbocycles. The van der Waals surface area contributed by atoms with Crippen LogP contribution in [0.25, 0.3) is 27.0 Å². The number of thiazole rings is 1. The van der Waals surface area contributed by atoms with Crippen LogP contribution in [-0.2, 0) is 22.6 Å². The van der Waals surface area contributed by atoms with E-state index in [1.165, 1.54) is 4.90 Å². The first-order valence-corrected chi connectivity index (χ1v) is 23.0. The van der Waals surface area contributed by atoms with E-state index >= 15 is 0 Å². The van der Waals surface area contributed by atoms with Crippen molar-refractivity contribution in [1.82, 2.24) is 45.3 Å². The van der Waals surface area contributed by atoms with E-state index < -0.39 is 24.2 Å². The van der Waals surface area contributed by atoms with E-state index in [1.807, 2.05) is 105 Å². The topological polar surface area (TPSA) is 194 Å². The van der Waals surface area contributed by atoms with Crippen molar-refractivity contribution in [2.24, 2.45) is 11.8 Å². The van der Waals surface area contributed by atoms with Crippen LogP contribution in [0, 0.1) is 18.8 Å². The number of aromatic nitrogens is 5. The maximum Gasteiger partial charge on any atom is 0.320 e. The zero-order chi connectivity index (χ0) is 44.1. The first kappa shape index (κ1) is 42.6. The van der Waals surface area contributed by atoms with Crippen molar-refractivity contribution in [1.29, 1.82) is 0 Å². The highest BCUT2D eigenvalue weighted by molar-refractivity contribution is 7.13. The second kappa shape index (κ2) is 17.5. The molecule has 1 aromatic carbocycles. The van der Waals surface area contributed by atoms with Gasteiger partial charge in [0.2, 0.25) is 11.8 Å². The highest BCUT2D eigenvalue weighted by Gasteiger charge is 2.44. The largest absolute Gasteiger partial charge is 0.391 e. The van der Waals surface area contributed by atoms with Gasteiger partial charge < -0.3 is 39.7 Å². The van der Waals surface area contributed by atoms with E-state index in [-0.39, 0.29) is 54.6 Å². The molecular weight excluding hydrogens is 819 g/mol. The SMILES string of the molecule is Cc1ncsc1-c1ccc([C@H](C)NC(=O)[C@@H]2C[C@@H](O)CN2C(=O)[C@@H](c2cc(C3CCN(C(=O)N4CCc5[nH]c6nnc(C7=CC=CC(C)C7O)cc6c5C4)CC3)no2)C(C)C)cc1. The van der Waals surface area contributed by atoms with Crippen LogP contribution in [0.1, 0.15) is 104 Å². The number of carbonyl (C=O) groups excluding carboxylic acids is 3. The van der Waals surface area contributed by atoms with Gasteiger partial charge in [0.1, 0.15) is 17.7 Å². The first-order chi connectivity index (χ1) is 30.3. The Morgan fingerprint density at radius 3 is 2.52 bits per heavy atom. The number of hydrogen-bond acceptors (Lipinski definition) is 11. The second-order valence-corrected chi connectivity index (χ2v) is 18.8. The smallest absolute Gasteiger partial charge is 0.320 e. The average Bonchev–Trinajstić information content (AvgIpc) is 4.10. The number of β-amino-alcohol motifs (C(OH)–C–C–N with tert-alkyl or cyclic N) is 1. The van der Waals surface area contributed by atoms with E-state index in [4.69, 9.17) is 4.52 Å². The summed E-state index contributed by atoms with van der Waals surface area (Å²) in [6.45, 7) is 11.9. The van der Waals surface area contributed by atoms with Gasteiger partial charge in [-0.3, -0.25) is 9.59 Å². The van der Waals surface area contributed by atoms with Gasteiger partial charge >= 0.3 is 6.03 Å². The van der Waals surface area contributed by atoms with Gasteiger partial charge in [-0.05, 0) is 49.8 Å². The molecule has 5 aromatic rings. The highest BCUT2D eigenvalue weighted by Crippen LogP contribution is 2.37. The minimum Gasteiger partial charge on any atom is -0.391 e. The van der Waals surface area contributed by atoms with Gasteiger partial charge in [-0.1, -0.05) is 68.4 Å². The summed E-state index contributed by atoms with van der Waals surface area (Å²) in [6, 6.07) is 10.7. The van der Waals surface area contributed by atoms with Crippen LogP contribution in [0.4, 0.5) is 4.79 Å². The number of fused-ring (bicyclic) bond motifs is 3. The number of benzene rings is 1. The second-order valence-electron chi connectivity index (χ2n) is 18.0. The molecule has 6 atom stereocenters. The van der Waals surface area contributed by atoms with Crippen LogP contribution < -0.4 is 5.32 Å². The number of aliphatic hydroxyl groups is 2. The number of aromatic amines is 1. The van der Waals surface area contributed by atoms with Crippen LogP contribution in [0.15, 0.2) is 64.7 Å². The number of hydrogen-bond donors (Lipinski definition) is 4. The van der Waals surface area contributed by atoms with Crippen LogP contribution >= 0.6 is 11.3 Å². The van der Waals surface area contributed by atoms with Crippen molar-refractivity contribution >= 4 is 45.8 Å². The molecule has 63 heavy (non-hydrogen) atoms. The fourth-order valence-corrected chi connectivity index (χ4v) is 10.5. The molecule has 0 bridgehead atoms. The fraction of sp³-hybridized carbons (Fsp3) is 0.468. The lowest BCUT2D eigenvalue weighted by atomic mass is 9.89. The summed E-state index contributed by atoms with van der Waals surface area (Å²) >= 11 is 1.59. The van der Waals surface area contributed by atoms with E-state index in [9.17, 15) is 24.6 Å². The Hall–Kier alpha value is -5.71. The van der Waals surface area contributed by atoms with Crippen LogP contribution in [-0.4, -0.2) is 113 Å². The number of H-pyrrole nitrogens is 1. The summed E-state index contributed by atoms with van der Waals surface area (Å²) in [5, 5.41) is 38.9. The van der Waals surface area contributed by atoms with Crippen molar-refractivity contribution in [2.45, 2.75) is 103 Å². The normalized spacial score (nSPS) is 22.7. The molecule has 0 radical (unpaired) electrons. The molecule has 0 spiro atoms. The summed E-state index contributed by atoms with van der Waals surface area (Å²) in [5.74, 6) is -1.01. The average molecular weight is 874 g/mol. The molecule has 4 N–H and O–H groups in total. The number of nitrogens with zero attached hydrogens (tertiary/aromatic N) is 7. The zero-order valence-corrected chi connectivity index (χ0v) is 37.1. The van der Waals surface area contributed by atoms with Crippen LogP contribution in [0.2, 0.25) is 0 Å². The number of urea groups is 1. The number of rotatable bonds is 9. The lowest BCUT2D eigenvalue weighted by molar-refractivity contribution is -0.141. The molecule has 4 aliphatic rings. The van der Waals surface area contributed by atoms with E-state index in [2.05, 4.69) is 30.6 Å². The molecule has 2 fully saturated rings. The van der Waals surface area contributed by atoms with E-state index in [0.717, 1.165) is 49.6 Å². The molecule has 7 heterocycles. The number of aryl methyl sites for hydroxylation is 1. The first-order valence-electron chi connectivity index (χ1n) is 22.1. The predicted octanol–water partition coefficient (Wildman–Crippen LogP) is 6.26. The summed E-state index contributed by atoms with van der Waals surface area (Å²) < 4.78 is 5.91. The van der Waals surface area contributed by atoms with Crippen molar-refractivity contribution in [3.05, 3.63) is 99.8 Å². The summed E-state index contributed by atoms with van der Waals surface area (Å²) in [4.78, 5) is 56.3. The monoisotopic (exact) mass is 873 g/mol. The zero-order valence-electron chi connectivity index (χ0n) is 36.3. The molecule has 9 rings (SSSR count). The molecule has 16 heteroatoms. The molecule has 4 amide bonds. The minimum absolute atomic E-state index is 0.00736. The molecule has 1 aliphatic carbocycles. The third kappa shape index (κ3) is 8.31. The predicted molar refractivity (Wildman–Crippen MR) is 238 cm³/mol. The lowest BCUT2D eigenvalue weighted by Gasteiger charge is -2.36. The molecule has 15 nitrogen and oxygen atoms in total. The Bertz CT molecular complexity index is 2570. The van der Waals surface area contributed by atoms with Gasteiger partial charge in [-0.15, -0.1) is 21.5 Å². The van der Waals surface area contributed by atoms with Crippen LogP contribution in [0.3, 0.4) is 0 Å². The molecule has 330 valence electrons. The Kier molecular flexibility index (Phi) is 11.8. The fourth-order valence-electron chi connectivity index (χ4n) is 9.69. The number of allylic oxidation sites excluding steroid dienone is 2. The highest BCUT2D eigenvalue weighted by atomic mass is 32.1. The molecule has 4 aromatic heterocycles. The Morgan fingerprint density at radius 2 is 1.79 bits per heavy atom. The number of likely N-dealkylation sites (tertiary alicyclic amines) is 2. The van der Waals surface area contributed by atoms with Gasteiger partial charge in [0.15, 0.2) is 5.65 Å². The number of aliphatic hydroxyl groups excluding tert-OH is 2. The lowest BCUT2D eigenvalue weighted by Crippen LogP contribution is -2.48. The van der Waals surface area contributed by atoms with Crippen molar-refractivity contribution < 1.29 is 29.1 Å². The third-order valence-electron chi connectivity index (χ3n) is 13.4. The van der Waals surface area contributed by atoms with Gasteiger partial charge in [-0.2, -0.15) is 0 Å². The molecule has 3 aliphatic heterocycles. The quantitative estimate of drug-likeness (QED) is 0.131. The number of piperidine rings is 1. The summed E-state index contributed by atoms with van der Waals surface area (Å²) in [6.07, 6.45) is 6.51. The summed E-state index contributed by atoms with van der Waals surface area (Å²) in [5.41, 5.74) is 9.68. The summed E-state index contributed by atoms with van der Waals surface area (Å²) in [7, 11) is 0. The van der Waals surface area contributed by atoms with E-state index in [0.29, 0.717) is 62.5 Å². The Labute approximate surface area is 370 Å². The van der Waals surface area contributed by atoms with E-state index in [1.54, 1.807) is 11.3 Å². The Balaban J connectivity index is 0.819. The third-order valence-corrected chi connectivity index (χ3v) is 14.4. The van der Waals surface area contributed by atoms with Crippen molar-refractivity contribution in [2.75, 3.05) is 26.2 Å². The molecule has 2 unspecified atom stereocenters. The number of carbonyl (C=O) groups is 3. The standard InChI is InChI=1S/C47H55N9O6S/c1-25(2)41(46(60)56-22-32(57)19-39(56)45(59)49-27(4)29-9-11-31(12-10-29)43-28(5)48-24-63-43)40-21-37(53-62-40)30-13-16-54(17-14-30)47(61)55-18-15-36-35(23-55)34-20-38(51-52-44(34)50-36)33-8-6-7-26(3)42(33)58/h6-12,20-21,24-27,30,32,39,41-42,57-58H,13-19,22-23H2,1-5H3,(H,49,59)(H,50,52)/t26?,27-,32+,39-,41+,42?/m0/s1. The Morgan fingerprint density at radius 1 is 1.02 bits per heavy atom. The van der Waals surface area contributed by atoms with Gasteiger partial charge in [0, 0.05) is 85.7 Å². The molecular formula is C47H55N9O6S. The molecule has 2 saturated heterocycles.